The molecule has 0 aromatic heterocycles. The molecular weight excluding hydrogens is 222 g/mol. The van der Waals surface area contributed by atoms with Crippen molar-refractivity contribution in [1.29, 1.82) is 0 Å². The molecule has 3 fully saturated rings. The van der Waals surface area contributed by atoms with E-state index in [1.165, 1.54) is 32.2 Å². The number of Topliss-reactive ketones (excluding diaryl/α,β-unsaturated/α-hetero) is 1. The number of rotatable bonds is 2. The van der Waals surface area contributed by atoms with Crippen molar-refractivity contribution in [3.63, 3.8) is 0 Å². The molecule has 0 N–H and O–H groups in total. The van der Waals surface area contributed by atoms with Gasteiger partial charge in [0.15, 0.2) is 0 Å². The van der Waals surface area contributed by atoms with Crippen molar-refractivity contribution < 1.29 is 4.79 Å². The molecule has 3 rings (SSSR count). The first-order valence-electron chi connectivity index (χ1n) is 7.63. The van der Waals surface area contributed by atoms with E-state index in [9.17, 15) is 4.79 Å². The summed E-state index contributed by atoms with van der Waals surface area (Å²) in [5, 5.41) is 0. The molecule has 0 bridgehead atoms. The van der Waals surface area contributed by atoms with Gasteiger partial charge in [0.05, 0.1) is 6.04 Å². The third-order valence-corrected chi connectivity index (χ3v) is 6.00. The summed E-state index contributed by atoms with van der Waals surface area (Å²) in [6, 6.07) is 0.204. The Balaban J connectivity index is 1.83. The zero-order valence-corrected chi connectivity index (χ0v) is 12.4. The van der Waals surface area contributed by atoms with Gasteiger partial charge >= 0.3 is 0 Å². The molecule has 0 radical (unpaired) electrons. The predicted octanol–water partition coefficient (Wildman–Crippen LogP) is 3.40. The first-order chi connectivity index (χ1) is 8.34. The standard InChI is InChI=1S/C16H27NO/c1-5-13(18)12-9-16(10-15(16)7-6-8-15)11-17(12)14(2,3)4/h12H,5-11H2,1-4H3/t12-,16+/m0/s1. The van der Waals surface area contributed by atoms with E-state index in [1.54, 1.807) is 0 Å². The van der Waals surface area contributed by atoms with Crippen LogP contribution in [0.5, 0.6) is 0 Å². The van der Waals surface area contributed by atoms with Crippen LogP contribution in [-0.2, 0) is 4.79 Å². The summed E-state index contributed by atoms with van der Waals surface area (Å²) in [6.07, 6.45) is 7.52. The molecule has 1 saturated heterocycles. The van der Waals surface area contributed by atoms with E-state index in [4.69, 9.17) is 0 Å². The summed E-state index contributed by atoms with van der Waals surface area (Å²) >= 11 is 0. The number of hydrogen-bond donors (Lipinski definition) is 0. The molecule has 102 valence electrons. The summed E-state index contributed by atoms with van der Waals surface area (Å²) in [6.45, 7) is 9.97. The number of nitrogens with zero attached hydrogens (tertiary/aromatic N) is 1. The smallest absolute Gasteiger partial charge is 0.149 e. The van der Waals surface area contributed by atoms with Crippen LogP contribution in [0.15, 0.2) is 0 Å². The van der Waals surface area contributed by atoms with E-state index in [0.717, 1.165) is 6.42 Å². The summed E-state index contributed by atoms with van der Waals surface area (Å²) in [4.78, 5) is 14.8. The number of likely N-dealkylation sites (tertiary alicyclic amines) is 1. The van der Waals surface area contributed by atoms with Crippen molar-refractivity contribution in [1.82, 2.24) is 4.90 Å². The third-order valence-electron chi connectivity index (χ3n) is 6.00. The minimum Gasteiger partial charge on any atom is -0.298 e. The molecule has 1 aliphatic heterocycles. The van der Waals surface area contributed by atoms with Crippen LogP contribution < -0.4 is 0 Å². The van der Waals surface area contributed by atoms with E-state index in [1.807, 2.05) is 6.92 Å². The molecule has 2 spiro atoms. The average Bonchev–Trinajstić information content (AvgIpc) is 2.71. The maximum atomic E-state index is 12.3. The topological polar surface area (TPSA) is 20.3 Å². The van der Waals surface area contributed by atoms with Gasteiger partial charge in [-0.2, -0.15) is 0 Å². The van der Waals surface area contributed by atoms with Gasteiger partial charge < -0.3 is 0 Å². The molecular formula is C16H27NO. The average molecular weight is 249 g/mol. The molecule has 2 saturated carbocycles. The minimum absolute atomic E-state index is 0.131. The largest absolute Gasteiger partial charge is 0.298 e. The molecule has 18 heavy (non-hydrogen) atoms. The van der Waals surface area contributed by atoms with Gasteiger partial charge in [0, 0.05) is 18.5 Å². The van der Waals surface area contributed by atoms with Crippen molar-refractivity contribution in [2.75, 3.05) is 6.54 Å². The van der Waals surface area contributed by atoms with Gasteiger partial charge in [-0.3, -0.25) is 9.69 Å². The summed E-state index contributed by atoms with van der Waals surface area (Å²) in [5.74, 6) is 0.461. The van der Waals surface area contributed by atoms with Crippen LogP contribution >= 0.6 is 0 Å². The maximum absolute atomic E-state index is 12.3. The van der Waals surface area contributed by atoms with Crippen LogP contribution in [0.1, 0.15) is 66.2 Å². The SMILES string of the molecule is CCC(=O)[C@@H]1C[C@]2(CN1C(C)(C)C)CC21CCC1. The lowest BCUT2D eigenvalue weighted by Gasteiger charge is -2.37. The number of carbonyl (C=O) groups is 1. The van der Waals surface area contributed by atoms with Gasteiger partial charge in [-0.15, -0.1) is 0 Å². The molecule has 0 amide bonds. The highest BCUT2D eigenvalue weighted by molar-refractivity contribution is 5.84. The molecule has 2 atom stereocenters. The monoisotopic (exact) mass is 249 g/mol. The van der Waals surface area contributed by atoms with Crippen molar-refractivity contribution in [3.05, 3.63) is 0 Å². The van der Waals surface area contributed by atoms with Crippen LogP contribution in [0.2, 0.25) is 0 Å². The Morgan fingerprint density at radius 3 is 2.33 bits per heavy atom. The van der Waals surface area contributed by atoms with Crippen molar-refractivity contribution >= 4 is 5.78 Å². The zero-order valence-electron chi connectivity index (χ0n) is 12.4. The minimum atomic E-state index is 0.131. The predicted molar refractivity (Wildman–Crippen MR) is 73.5 cm³/mol. The second kappa shape index (κ2) is 3.59. The van der Waals surface area contributed by atoms with Crippen molar-refractivity contribution in [3.8, 4) is 0 Å². The summed E-state index contributed by atoms with van der Waals surface area (Å²) in [7, 11) is 0. The lowest BCUT2D eigenvalue weighted by Crippen LogP contribution is -2.47. The van der Waals surface area contributed by atoms with Gasteiger partial charge in [-0.25, -0.2) is 0 Å². The second-order valence-corrected chi connectivity index (χ2v) is 7.93. The maximum Gasteiger partial charge on any atom is 0.149 e. The van der Waals surface area contributed by atoms with E-state index >= 15 is 0 Å². The Morgan fingerprint density at radius 1 is 1.28 bits per heavy atom. The molecule has 0 aromatic carbocycles. The van der Waals surface area contributed by atoms with Crippen molar-refractivity contribution in [2.24, 2.45) is 10.8 Å². The summed E-state index contributed by atoms with van der Waals surface area (Å²) < 4.78 is 0. The number of carbonyl (C=O) groups excluding carboxylic acids is 1. The molecule has 2 aliphatic carbocycles. The molecule has 3 aliphatic rings. The van der Waals surface area contributed by atoms with Gasteiger partial charge in [-0.1, -0.05) is 13.3 Å². The zero-order chi connectivity index (χ0) is 13.2. The molecule has 2 heteroatoms. The number of ketones is 1. The molecule has 1 heterocycles. The van der Waals surface area contributed by atoms with Crippen molar-refractivity contribution in [2.45, 2.75) is 77.8 Å². The number of hydrogen-bond acceptors (Lipinski definition) is 2. The van der Waals surface area contributed by atoms with Gasteiger partial charge in [0.2, 0.25) is 0 Å². The first-order valence-corrected chi connectivity index (χ1v) is 7.63. The van der Waals surface area contributed by atoms with E-state index in [0.29, 0.717) is 23.0 Å². The Hall–Kier alpha value is -0.370. The molecule has 0 unspecified atom stereocenters. The Kier molecular flexibility index (Phi) is 2.53. The quantitative estimate of drug-likeness (QED) is 0.747. The highest BCUT2D eigenvalue weighted by Gasteiger charge is 2.73. The van der Waals surface area contributed by atoms with Gasteiger partial charge in [0.1, 0.15) is 5.78 Å². The Labute approximate surface area is 111 Å². The highest BCUT2D eigenvalue weighted by Crippen LogP contribution is 2.77. The second-order valence-electron chi connectivity index (χ2n) is 7.93. The fourth-order valence-corrected chi connectivity index (χ4v) is 4.64. The van der Waals surface area contributed by atoms with Crippen LogP contribution in [0.4, 0.5) is 0 Å². The van der Waals surface area contributed by atoms with E-state index in [-0.39, 0.29) is 11.6 Å². The van der Waals surface area contributed by atoms with Crippen LogP contribution in [0.3, 0.4) is 0 Å². The Morgan fingerprint density at radius 2 is 1.94 bits per heavy atom. The normalized spacial score (nSPS) is 38.1. The van der Waals surface area contributed by atoms with E-state index in [2.05, 4.69) is 25.7 Å². The lowest BCUT2D eigenvalue weighted by molar-refractivity contribution is -0.124. The Bertz CT molecular complexity index is 377. The van der Waals surface area contributed by atoms with E-state index < -0.39 is 0 Å². The molecule has 0 aromatic rings. The fraction of sp³-hybridized carbons (Fsp3) is 0.938. The summed E-state index contributed by atoms with van der Waals surface area (Å²) in [5.41, 5.74) is 1.32. The van der Waals surface area contributed by atoms with Gasteiger partial charge in [0.25, 0.3) is 0 Å². The molecule has 2 nitrogen and oxygen atoms in total. The lowest BCUT2D eigenvalue weighted by atomic mass is 9.74. The third kappa shape index (κ3) is 1.54. The van der Waals surface area contributed by atoms with Crippen LogP contribution in [-0.4, -0.2) is 28.8 Å². The number of fused-ring (bicyclic) bond motifs is 1. The van der Waals surface area contributed by atoms with Crippen LogP contribution in [0.25, 0.3) is 0 Å². The first kappa shape index (κ1) is 12.7. The fourth-order valence-electron chi connectivity index (χ4n) is 4.64. The van der Waals surface area contributed by atoms with Crippen LogP contribution in [0, 0.1) is 10.8 Å². The van der Waals surface area contributed by atoms with Gasteiger partial charge in [-0.05, 0) is 57.3 Å². The highest BCUT2D eigenvalue weighted by atomic mass is 16.1.